The summed E-state index contributed by atoms with van der Waals surface area (Å²) >= 11 is 1.43. The highest BCUT2D eigenvalue weighted by Gasteiger charge is 2.20. The van der Waals surface area contributed by atoms with Crippen LogP contribution < -0.4 is 5.32 Å². The van der Waals surface area contributed by atoms with E-state index in [1.165, 1.54) is 30.2 Å². The largest absolute Gasteiger partial charge is 0.355 e. The molecule has 0 spiro atoms. The van der Waals surface area contributed by atoms with Gasteiger partial charge >= 0.3 is 0 Å². The number of nitrogens with zero attached hydrogens (tertiary/aromatic N) is 4. The van der Waals surface area contributed by atoms with E-state index in [0.29, 0.717) is 12.3 Å². The number of nitrogens with one attached hydrogen (secondary N) is 1. The lowest BCUT2D eigenvalue weighted by atomic mass is 10.1. The van der Waals surface area contributed by atoms with E-state index < -0.39 is 0 Å². The Labute approximate surface area is 181 Å². The summed E-state index contributed by atoms with van der Waals surface area (Å²) in [6.07, 6.45) is 3.31. The standard InChI is InChI=1S/C23H27N5OS/c29-22(24-14-13-19-9-3-1-4-10-19)18-30-23-26-25-21(17-27-15-7-8-16-27)28(23)20-11-5-2-6-12-20/h1-6,9-12H,7-8,13-18H2,(H,24,29). The van der Waals surface area contributed by atoms with Gasteiger partial charge in [-0.05, 0) is 50.0 Å². The number of amides is 1. The normalized spacial score (nSPS) is 14.1. The van der Waals surface area contributed by atoms with Crippen molar-refractivity contribution >= 4 is 17.7 Å². The summed E-state index contributed by atoms with van der Waals surface area (Å²) in [6.45, 7) is 3.63. The molecule has 0 atom stereocenters. The Morgan fingerprint density at radius 2 is 1.67 bits per heavy atom. The van der Waals surface area contributed by atoms with Gasteiger partial charge in [0.2, 0.25) is 5.91 Å². The summed E-state index contributed by atoms with van der Waals surface area (Å²) in [5.41, 5.74) is 2.25. The van der Waals surface area contributed by atoms with Crippen LogP contribution in [0.3, 0.4) is 0 Å². The number of thioether (sulfide) groups is 1. The van der Waals surface area contributed by atoms with Crippen LogP contribution in [0.2, 0.25) is 0 Å². The summed E-state index contributed by atoms with van der Waals surface area (Å²) in [4.78, 5) is 14.8. The van der Waals surface area contributed by atoms with Crippen LogP contribution in [0.5, 0.6) is 0 Å². The molecular formula is C23H27N5OS. The predicted octanol–water partition coefficient (Wildman–Crippen LogP) is 3.31. The average molecular weight is 422 g/mol. The van der Waals surface area contributed by atoms with Crippen LogP contribution in [0.4, 0.5) is 0 Å². The van der Waals surface area contributed by atoms with E-state index in [4.69, 9.17) is 0 Å². The highest BCUT2D eigenvalue weighted by Crippen LogP contribution is 2.23. The summed E-state index contributed by atoms with van der Waals surface area (Å²) in [5, 5.41) is 12.6. The molecule has 0 radical (unpaired) electrons. The molecule has 3 aromatic rings. The van der Waals surface area contributed by atoms with Gasteiger partial charge in [-0.1, -0.05) is 60.3 Å². The average Bonchev–Trinajstić information content (AvgIpc) is 3.44. The summed E-state index contributed by atoms with van der Waals surface area (Å²) in [6, 6.07) is 20.3. The molecule has 1 aliphatic rings. The minimum atomic E-state index is 0.0136. The second-order valence-electron chi connectivity index (χ2n) is 7.43. The Morgan fingerprint density at radius 1 is 0.967 bits per heavy atom. The molecule has 30 heavy (non-hydrogen) atoms. The maximum atomic E-state index is 12.3. The lowest BCUT2D eigenvalue weighted by molar-refractivity contribution is -0.118. The maximum absolute atomic E-state index is 12.3. The molecule has 1 saturated heterocycles. The van der Waals surface area contributed by atoms with E-state index in [9.17, 15) is 4.79 Å². The van der Waals surface area contributed by atoms with Gasteiger partial charge in [0.1, 0.15) is 0 Å². The van der Waals surface area contributed by atoms with Crippen molar-refractivity contribution in [3.05, 3.63) is 72.1 Å². The second kappa shape index (κ2) is 10.4. The van der Waals surface area contributed by atoms with Crippen LogP contribution in [-0.4, -0.2) is 51.0 Å². The minimum absolute atomic E-state index is 0.0136. The number of aromatic nitrogens is 3. The zero-order chi connectivity index (χ0) is 20.6. The van der Waals surface area contributed by atoms with Crippen molar-refractivity contribution in [1.29, 1.82) is 0 Å². The fraction of sp³-hybridized carbons (Fsp3) is 0.348. The molecule has 6 nitrogen and oxygen atoms in total. The van der Waals surface area contributed by atoms with Crippen LogP contribution in [0.25, 0.3) is 5.69 Å². The molecule has 0 bridgehead atoms. The molecule has 156 valence electrons. The molecule has 0 aliphatic carbocycles. The third-order valence-corrected chi connectivity index (χ3v) is 6.12. The van der Waals surface area contributed by atoms with Crippen LogP contribution in [0, 0.1) is 0 Å². The molecule has 0 saturated carbocycles. The number of rotatable bonds is 9. The SMILES string of the molecule is O=C(CSc1nnc(CN2CCCC2)n1-c1ccccc1)NCCc1ccccc1. The van der Waals surface area contributed by atoms with Crippen molar-refractivity contribution in [1.82, 2.24) is 25.0 Å². The van der Waals surface area contributed by atoms with Gasteiger partial charge in [0.05, 0.1) is 12.3 Å². The van der Waals surface area contributed by atoms with Crippen LogP contribution in [-0.2, 0) is 17.8 Å². The zero-order valence-electron chi connectivity index (χ0n) is 17.0. The van der Waals surface area contributed by atoms with E-state index in [0.717, 1.165) is 42.7 Å². The highest BCUT2D eigenvalue weighted by molar-refractivity contribution is 7.99. The number of hydrogen-bond donors (Lipinski definition) is 1. The third-order valence-electron chi connectivity index (χ3n) is 5.19. The van der Waals surface area contributed by atoms with Gasteiger partial charge in [-0.3, -0.25) is 14.3 Å². The van der Waals surface area contributed by atoms with Gasteiger partial charge < -0.3 is 5.32 Å². The molecule has 2 aromatic carbocycles. The van der Waals surface area contributed by atoms with Crippen LogP contribution >= 0.6 is 11.8 Å². The lowest BCUT2D eigenvalue weighted by Gasteiger charge is -2.16. The first-order valence-corrected chi connectivity index (χ1v) is 11.4. The van der Waals surface area contributed by atoms with Crippen molar-refractivity contribution in [3.63, 3.8) is 0 Å². The smallest absolute Gasteiger partial charge is 0.230 e. The van der Waals surface area contributed by atoms with Gasteiger partial charge in [0.25, 0.3) is 0 Å². The molecular weight excluding hydrogens is 394 g/mol. The predicted molar refractivity (Wildman–Crippen MR) is 120 cm³/mol. The Bertz CT molecular complexity index is 939. The number of carbonyl (C=O) groups excluding carboxylic acids is 1. The van der Waals surface area contributed by atoms with E-state index in [1.54, 1.807) is 0 Å². The monoisotopic (exact) mass is 421 g/mol. The molecule has 0 unspecified atom stereocenters. The minimum Gasteiger partial charge on any atom is -0.355 e. The number of hydrogen-bond acceptors (Lipinski definition) is 5. The molecule has 1 fully saturated rings. The number of carbonyl (C=O) groups is 1. The molecule has 1 aliphatic heterocycles. The highest BCUT2D eigenvalue weighted by atomic mass is 32.2. The quantitative estimate of drug-likeness (QED) is 0.537. The molecule has 2 heterocycles. The lowest BCUT2D eigenvalue weighted by Crippen LogP contribution is -2.27. The number of benzene rings is 2. The second-order valence-corrected chi connectivity index (χ2v) is 8.37. The fourth-order valence-corrected chi connectivity index (χ4v) is 4.45. The maximum Gasteiger partial charge on any atom is 0.230 e. The Balaban J connectivity index is 1.38. The Morgan fingerprint density at radius 3 is 2.40 bits per heavy atom. The molecule has 1 aromatic heterocycles. The Kier molecular flexibility index (Phi) is 7.16. The molecule has 1 amide bonds. The van der Waals surface area contributed by atoms with Crippen LogP contribution in [0.15, 0.2) is 65.8 Å². The topological polar surface area (TPSA) is 63.1 Å². The molecule has 1 N–H and O–H groups in total. The summed E-state index contributed by atoms with van der Waals surface area (Å²) in [5.74, 6) is 1.26. The van der Waals surface area contributed by atoms with Crippen molar-refractivity contribution < 1.29 is 4.79 Å². The summed E-state index contributed by atoms with van der Waals surface area (Å²) < 4.78 is 2.08. The Hall–Kier alpha value is -2.64. The van der Waals surface area contributed by atoms with E-state index in [2.05, 4.69) is 49.2 Å². The van der Waals surface area contributed by atoms with E-state index in [1.807, 2.05) is 36.4 Å². The first-order valence-electron chi connectivity index (χ1n) is 10.4. The number of para-hydroxylation sites is 1. The van der Waals surface area contributed by atoms with Gasteiger partial charge in [0, 0.05) is 12.2 Å². The van der Waals surface area contributed by atoms with Crippen molar-refractivity contribution in [2.24, 2.45) is 0 Å². The van der Waals surface area contributed by atoms with Crippen molar-refractivity contribution in [2.75, 3.05) is 25.4 Å². The first kappa shape index (κ1) is 20.6. The zero-order valence-corrected chi connectivity index (χ0v) is 17.9. The first-order chi connectivity index (χ1) is 14.8. The van der Waals surface area contributed by atoms with Crippen molar-refractivity contribution in [2.45, 2.75) is 31.0 Å². The third kappa shape index (κ3) is 5.49. The van der Waals surface area contributed by atoms with Gasteiger partial charge in [-0.15, -0.1) is 10.2 Å². The van der Waals surface area contributed by atoms with E-state index in [-0.39, 0.29) is 5.91 Å². The van der Waals surface area contributed by atoms with Crippen LogP contribution in [0.1, 0.15) is 24.2 Å². The van der Waals surface area contributed by atoms with Crippen molar-refractivity contribution in [3.8, 4) is 5.69 Å². The molecule has 4 rings (SSSR count). The number of likely N-dealkylation sites (tertiary alicyclic amines) is 1. The molecule has 7 heteroatoms. The van der Waals surface area contributed by atoms with Gasteiger partial charge in [0.15, 0.2) is 11.0 Å². The summed E-state index contributed by atoms with van der Waals surface area (Å²) in [7, 11) is 0. The van der Waals surface area contributed by atoms with Gasteiger partial charge in [-0.25, -0.2) is 0 Å². The fourth-order valence-electron chi connectivity index (χ4n) is 3.65. The van der Waals surface area contributed by atoms with E-state index >= 15 is 0 Å². The van der Waals surface area contributed by atoms with Gasteiger partial charge in [-0.2, -0.15) is 0 Å².